The topological polar surface area (TPSA) is 71.1 Å². The molecule has 2 aromatic rings. The molecule has 2 rings (SSSR count). The van der Waals surface area contributed by atoms with Crippen molar-refractivity contribution in [3.8, 4) is 0 Å². The average Bonchev–Trinajstić information content (AvgIpc) is 2.46. The molecule has 0 saturated carbocycles. The van der Waals surface area contributed by atoms with Gasteiger partial charge in [-0.15, -0.1) is 0 Å². The van der Waals surface area contributed by atoms with Crippen LogP contribution in [0.4, 0.5) is 14.5 Å². The molecule has 8 heteroatoms. The van der Waals surface area contributed by atoms with Crippen LogP contribution < -0.4 is 10.0 Å². The molecule has 0 radical (unpaired) electrons. The normalized spacial score (nSPS) is 11.4. The van der Waals surface area contributed by atoms with Crippen LogP contribution in [0.3, 0.4) is 0 Å². The van der Waals surface area contributed by atoms with E-state index in [2.05, 4.69) is 15.0 Å². The number of nitrogens with one attached hydrogen (secondary N) is 2. The van der Waals surface area contributed by atoms with Crippen LogP contribution in [0.2, 0.25) is 0 Å². The van der Waals surface area contributed by atoms with E-state index in [-0.39, 0.29) is 17.0 Å². The van der Waals surface area contributed by atoms with Gasteiger partial charge in [0.2, 0.25) is 10.0 Å². The Balaban J connectivity index is 2.22. The van der Waals surface area contributed by atoms with E-state index in [4.69, 9.17) is 0 Å². The SMILES string of the molecule is CNc1ccncc1S(=O)(=O)NCc1ccc(F)cc1F. The highest BCUT2D eigenvalue weighted by Gasteiger charge is 2.18. The Kier molecular flexibility index (Phi) is 4.49. The molecular weight excluding hydrogens is 300 g/mol. The van der Waals surface area contributed by atoms with E-state index in [0.29, 0.717) is 11.8 Å². The van der Waals surface area contributed by atoms with E-state index in [9.17, 15) is 17.2 Å². The Labute approximate surface area is 121 Å². The van der Waals surface area contributed by atoms with Gasteiger partial charge in [-0.05, 0) is 12.1 Å². The predicted molar refractivity (Wildman–Crippen MR) is 74.2 cm³/mol. The Bertz CT molecular complexity index is 751. The number of benzene rings is 1. The first-order chi connectivity index (χ1) is 9.94. The number of pyridine rings is 1. The summed E-state index contributed by atoms with van der Waals surface area (Å²) >= 11 is 0. The van der Waals surface area contributed by atoms with Crippen LogP contribution in [0.25, 0.3) is 0 Å². The number of sulfonamides is 1. The quantitative estimate of drug-likeness (QED) is 0.884. The van der Waals surface area contributed by atoms with Crippen molar-refractivity contribution in [3.63, 3.8) is 0 Å². The second-order valence-electron chi connectivity index (χ2n) is 4.18. The van der Waals surface area contributed by atoms with Crippen LogP contribution in [0.1, 0.15) is 5.56 Å². The number of nitrogens with zero attached hydrogens (tertiary/aromatic N) is 1. The van der Waals surface area contributed by atoms with Gasteiger partial charge in [0.15, 0.2) is 0 Å². The maximum Gasteiger partial charge on any atom is 0.244 e. The molecule has 1 aromatic carbocycles. The van der Waals surface area contributed by atoms with Crippen LogP contribution in [0, 0.1) is 11.6 Å². The zero-order valence-electron chi connectivity index (χ0n) is 11.1. The van der Waals surface area contributed by atoms with E-state index in [1.54, 1.807) is 7.05 Å². The lowest BCUT2D eigenvalue weighted by molar-refractivity contribution is 0.562. The summed E-state index contributed by atoms with van der Waals surface area (Å²) in [7, 11) is -2.29. The lowest BCUT2D eigenvalue weighted by Crippen LogP contribution is -2.24. The molecule has 1 heterocycles. The Morgan fingerprint density at radius 3 is 2.67 bits per heavy atom. The fourth-order valence-corrected chi connectivity index (χ4v) is 2.88. The van der Waals surface area contributed by atoms with Gasteiger partial charge in [-0.1, -0.05) is 6.07 Å². The van der Waals surface area contributed by atoms with Gasteiger partial charge in [0.1, 0.15) is 16.5 Å². The summed E-state index contributed by atoms with van der Waals surface area (Å²) in [4.78, 5) is 3.71. The van der Waals surface area contributed by atoms with Crippen molar-refractivity contribution in [2.45, 2.75) is 11.4 Å². The second kappa shape index (κ2) is 6.15. The molecule has 1 aromatic heterocycles. The third kappa shape index (κ3) is 3.53. The highest BCUT2D eigenvalue weighted by Crippen LogP contribution is 2.19. The molecule has 0 atom stereocenters. The molecule has 0 aliphatic rings. The lowest BCUT2D eigenvalue weighted by Gasteiger charge is -2.11. The Hall–Kier alpha value is -2.06. The van der Waals surface area contributed by atoms with Gasteiger partial charge in [0.25, 0.3) is 0 Å². The van der Waals surface area contributed by atoms with Gasteiger partial charge >= 0.3 is 0 Å². The summed E-state index contributed by atoms with van der Waals surface area (Å²) in [6.07, 6.45) is 2.64. The van der Waals surface area contributed by atoms with E-state index in [1.165, 1.54) is 24.5 Å². The van der Waals surface area contributed by atoms with Gasteiger partial charge in [0, 0.05) is 37.6 Å². The molecule has 0 fully saturated rings. The lowest BCUT2D eigenvalue weighted by atomic mass is 10.2. The zero-order chi connectivity index (χ0) is 15.5. The molecule has 21 heavy (non-hydrogen) atoms. The van der Waals surface area contributed by atoms with Crippen molar-refractivity contribution in [1.82, 2.24) is 9.71 Å². The van der Waals surface area contributed by atoms with Crippen molar-refractivity contribution in [2.75, 3.05) is 12.4 Å². The fourth-order valence-electron chi connectivity index (χ4n) is 1.72. The van der Waals surface area contributed by atoms with Gasteiger partial charge in [-0.3, -0.25) is 4.98 Å². The molecule has 2 N–H and O–H groups in total. The highest BCUT2D eigenvalue weighted by atomic mass is 32.2. The average molecular weight is 313 g/mol. The first-order valence-corrected chi connectivity index (χ1v) is 7.47. The van der Waals surface area contributed by atoms with E-state index >= 15 is 0 Å². The minimum atomic E-state index is -3.86. The molecule has 0 aliphatic carbocycles. The first-order valence-electron chi connectivity index (χ1n) is 5.99. The summed E-state index contributed by atoms with van der Waals surface area (Å²) in [6, 6.07) is 4.46. The molecule has 5 nitrogen and oxygen atoms in total. The van der Waals surface area contributed by atoms with Gasteiger partial charge in [-0.25, -0.2) is 21.9 Å². The molecular formula is C13H13F2N3O2S. The maximum absolute atomic E-state index is 13.5. The van der Waals surface area contributed by atoms with Crippen molar-refractivity contribution in [3.05, 3.63) is 53.9 Å². The molecule has 0 aliphatic heterocycles. The predicted octanol–water partition coefficient (Wildman–Crippen LogP) is 1.88. The number of aromatic nitrogens is 1. The standard InChI is InChI=1S/C13H13F2N3O2S/c1-16-12-4-5-17-8-13(12)21(19,20)18-7-9-2-3-10(14)6-11(9)15/h2-6,8,18H,7H2,1H3,(H,16,17). The van der Waals surface area contributed by atoms with Crippen molar-refractivity contribution >= 4 is 15.7 Å². The summed E-state index contributed by atoms with van der Waals surface area (Å²) < 4.78 is 52.9. The summed E-state index contributed by atoms with van der Waals surface area (Å²) in [5.41, 5.74) is 0.423. The van der Waals surface area contributed by atoms with Gasteiger partial charge in [-0.2, -0.15) is 0 Å². The molecule has 0 spiro atoms. The first kappa shape index (κ1) is 15.3. The van der Waals surface area contributed by atoms with Crippen molar-refractivity contribution < 1.29 is 17.2 Å². The fraction of sp³-hybridized carbons (Fsp3) is 0.154. The van der Waals surface area contributed by atoms with E-state index in [1.807, 2.05) is 0 Å². The van der Waals surface area contributed by atoms with Crippen LogP contribution in [0.15, 0.2) is 41.6 Å². The molecule has 0 bridgehead atoms. The van der Waals surface area contributed by atoms with Gasteiger partial charge in [0.05, 0.1) is 5.69 Å². The van der Waals surface area contributed by atoms with E-state index in [0.717, 1.165) is 6.07 Å². The van der Waals surface area contributed by atoms with Crippen LogP contribution >= 0.6 is 0 Å². The largest absolute Gasteiger partial charge is 0.387 e. The number of hydrogen-bond acceptors (Lipinski definition) is 4. The number of hydrogen-bond donors (Lipinski definition) is 2. The number of halogens is 2. The Morgan fingerprint density at radius 2 is 2.00 bits per heavy atom. The van der Waals surface area contributed by atoms with Crippen LogP contribution in [0.5, 0.6) is 0 Å². The summed E-state index contributed by atoms with van der Waals surface area (Å²) in [5, 5.41) is 2.74. The van der Waals surface area contributed by atoms with Gasteiger partial charge < -0.3 is 5.32 Å². The Morgan fingerprint density at radius 1 is 1.24 bits per heavy atom. The molecule has 0 amide bonds. The third-order valence-corrected chi connectivity index (χ3v) is 4.24. The number of rotatable bonds is 5. The summed E-state index contributed by atoms with van der Waals surface area (Å²) in [5.74, 6) is -1.53. The second-order valence-corrected chi connectivity index (χ2v) is 5.92. The molecule has 0 saturated heterocycles. The minimum absolute atomic E-state index is 0.0463. The maximum atomic E-state index is 13.5. The van der Waals surface area contributed by atoms with E-state index < -0.39 is 21.7 Å². The monoisotopic (exact) mass is 313 g/mol. The smallest absolute Gasteiger partial charge is 0.244 e. The van der Waals surface area contributed by atoms with Crippen molar-refractivity contribution in [1.29, 1.82) is 0 Å². The summed E-state index contributed by atoms with van der Waals surface area (Å²) in [6.45, 7) is -0.285. The number of anilines is 1. The highest BCUT2D eigenvalue weighted by molar-refractivity contribution is 7.89. The minimum Gasteiger partial charge on any atom is -0.387 e. The molecule has 0 unspecified atom stereocenters. The van der Waals surface area contributed by atoms with Crippen LogP contribution in [-0.4, -0.2) is 20.4 Å². The molecule has 112 valence electrons. The van der Waals surface area contributed by atoms with Crippen molar-refractivity contribution in [2.24, 2.45) is 0 Å². The third-order valence-electron chi connectivity index (χ3n) is 2.81. The van der Waals surface area contributed by atoms with Crippen LogP contribution in [-0.2, 0) is 16.6 Å². The zero-order valence-corrected chi connectivity index (χ0v) is 11.9.